The smallest absolute Gasteiger partial charge is 0.269 e. The maximum atomic E-state index is 11.5. The van der Waals surface area contributed by atoms with Gasteiger partial charge in [-0.2, -0.15) is 10.4 Å². The molecule has 10 heteroatoms. The van der Waals surface area contributed by atoms with Crippen LogP contribution in [0.2, 0.25) is 0 Å². The lowest BCUT2D eigenvalue weighted by atomic mass is 10.1. The topological polar surface area (TPSA) is 122 Å². The summed E-state index contributed by atoms with van der Waals surface area (Å²) in [5.41, 5.74) is 2.05. The minimum Gasteiger partial charge on any atom is -0.285 e. The molecular formula is C16H12ClN5O3S. The van der Waals surface area contributed by atoms with Gasteiger partial charge in [0.05, 0.1) is 27.7 Å². The zero-order valence-corrected chi connectivity index (χ0v) is 15.3. The molecule has 1 heterocycles. The maximum Gasteiger partial charge on any atom is 0.269 e. The van der Waals surface area contributed by atoms with Crippen LogP contribution in [0, 0.1) is 35.3 Å². The van der Waals surface area contributed by atoms with Crippen molar-refractivity contribution < 1.29 is 9.72 Å². The molecule has 26 heavy (non-hydrogen) atoms. The highest BCUT2D eigenvalue weighted by Crippen LogP contribution is 2.33. The number of nitro benzene ring substituents is 1. The van der Waals surface area contributed by atoms with Crippen LogP contribution in [0.25, 0.3) is 0 Å². The summed E-state index contributed by atoms with van der Waals surface area (Å²) >= 11 is 6.31. The number of halogens is 1. The number of hydrogen-bond acceptors (Lipinski definition) is 8. The van der Waals surface area contributed by atoms with Gasteiger partial charge in [0.2, 0.25) is 5.12 Å². The summed E-state index contributed by atoms with van der Waals surface area (Å²) in [5, 5.41) is 28.2. The van der Waals surface area contributed by atoms with Crippen molar-refractivity contribution in [3.8, 4) is 6.07 Å². The number of nitro groups is 1. The number of non-ortho nitro benzene ring substituents is 1. The van der Waals surface area contributed by atoms with E-state index < -0.39 is 4.92 Å². The fraction of sp³-hybridized carbons (Fsp3) is 0.188. The standard InChI is InChI=1S/C16H12ClN5O3S/c1-9-13(8-18)16(26-14(23)7-17)19-10(2)15(9)21-20-11-3-5-12(6-4-11)22(24)25/h3-6H,7H2,1-2H3. The molecular weight excluding hydrogens is 378 g/mol. The molecule has 2 aromatic rings. The Kier molecular flexibility index (Phi) is 6.38. The van der Waals surface area contributed by atoms with Gasteiger partial charge in [-0.25, -0.2) is 4.98 Å². The van der Waals surface area contributed by atoms with Crippen LogP contribution in [-0.4, -0.2) is 20.9 Å². The van der Waals surface area contributed by atoms with Gasteiger partial charge in [-0.15, -0.1) is 16.7 Å². The summed E-state index contributed by atoms with van der Waals surface area (Å²) in [6, 6.07) is 7.60. The summed E-state index contributed by atoms with van der Waals surface area (Å²) in [7, 11) is 0. The predicted molar refractivity (Wildman–Crippen MR) is 97.3 cm³/mol. The van der Waals surface area contributed by atoms with E-state index in [1.54, 1.807) is 13.8 Å². The summed E-state index contributed by atoms with van der Waals surface area (Å²) in [6.07, 6.45) is 0. The van der Waals surface area contributed by atoms with E-state index in [4.69, 9.17) is 11.6 Å². The van der Waals surface area contributed by atoms with E-state index in [1.165, 1.54) is 24.3 Å². The summed E-state index contributed by atoms with van der Waals surface area (Å²) in [6.45, 7) is 3.38. The average Bonchev–Trinajstić information content (AvgIpc) is 2.61. The number of pyridine rings is 1. The lowest BCUT2D eigenvalue weighted by molar-refractivity contribution is -0.384. The number of rotatable bonds is 5. The van der Waals surface area contributed by atoms with Gasteiger partial charge in [0.1, 0.15) is 16.8 Å². The molecule has 0 atom stereocenters. The molecule has 0 saturated carbocycles. The fourth-order valence-corrected chi connectivity index (χ4v) is 2.97. The van der Waals surface area contributed by atoms with Gasteiger partial charge in [0.15, 0.2) is 0 Å². The molecule has 0 saturated heterocycles. The van der Waals surface area contributed by atoms with Crippen LogP contribution in [0.5, 0.6) is 0 Å². The summed E-state index contributed by atoms with van der Waals surface area (Å²) in [4.78, 5) is 26.0. The Bertz CT molecular complexity index is 938. The Morgan fingerprint density at radius 2 is 2.00 bits per heavy atom. The Balaban J connectivity index is 2.39. The second-order valence-corrected chi connectivity index (χ2v) is 6.36. The van der Waals surface area contributed by atoms with Crippen molar-refractivity contribution in [2.24, 2.45) is 10.2 Å². The molecule has 2 rings (SSSR count). The van der Waals surface area contributed by atoms with E-state index in [-0.39, 0.29) is 27.3 Å². The van der Waals surface area contributed by atoms with Crippen molar-refractivity contribution in [2.45, 2.75) is 18.9 Å². The number of nitrogens with zero attached hydrogens (tertiary/aromatic N) is 5. The molecule has 0 aliphatic heterocycles. The van der Waals surface area contributed by atoms with Gasteiger partial charge < -0.3 is 0 Å². The molecule has 0 radical (unpaired) electrons. The van der Waals surface area contributed by atoms with Crippen LogP contribution in [0.4, 0.5) is 17.1 Å². The quantitative estimate of drug-likeness (QED) is 0.239. The largest absolute Gasteiger partial charge is 0.285 e. The molecule has 132 valence electrons. The van der Waals surface area contributed by atoms with Gasteiger partial charge in [0.25, 0.3) is 5.69 Å². The molecule has 0 bridgehead atoms. The first-order valence-corrected chi connectivity index (χ1v) is 8.56. The van der Waals surface area contributed by atoms with Gasteiger partial charge in [-0.1, -0.05) is 0 Å². The van der Waals surface area contributed by atoms with Crippen LogP contribution >= 0.6 is 23.4 Å². The monoisotopic (exact) mass is 389 g/mol. The van der Waals surface area contributed by atoms with Gasteiger partial charge in [-0.3, -0.25) is 14.9 Å². The molecule has 0 aliphatic carbocycles. The Labute approximate surface area is 158 Å². The minimum atomic E-state index is -0.503. The first-order valence-electron chi connectivity index (χ1n) is 7.21. The number of hydrogen-bond donors (Lipinski definition) is 0. The highest BCUT2D eigenvalue weighted by atomic mass is 35.5. The highest BCUT2D eigenvalue weighted by molar-refractivity contribution is 8.13. The molecule has 1 aromatic heterocycles. The Morgan fingerprint density at radius 1 is 1.35 bits per heavy atom. The van der Waals surface area contributed by atoms with Gasteiger partial charge in [0, 0.05) is 12.1 Å². The zero-order valence-electron chi connectivity index (χ0n) is 13.8. The van der Waals surface area contributed by atoms with Crippen molar-refractivity contribution in [2.75, 3.05) is 5.88 Å². The van der Waals surface area contributed by atoms with Crippen molar-refractivity contribution >= 4 is 45.5 Å². The van der Waals surface area contributed by atoms with E-state index >= 15 is 0 Å². The number of aromatic nitrogens is 1. The molecule has 1 aromatic carbocycles. The van der Waals surface area contributed by atoms with Gasteiger partial charge >= 0.3 is 0 Å². The van der Waals surface area contributed by atoms with E-state index in [0.717, 1.165) is 11.8 Å². The van der Waals surface area contributed by atoms with E-state index in [2.05, 4.69) is 15.2 Å². The van der Waals surface area contributed by atoms with Gasteiger partial charge in [-0.05, 0) is 43.3 Å². The normalized spacial score (nSPS) is 10.7. The van der Waals surface area contributed by atoms with Crippen molar-refractivity contribution in [3.63, 3.8) is 0 Å². The third kappa shape index (κ3) is 4.41. The molecule has 0 spiro atoms. The number of aryl methyl sites for hydroxylation is 1. The fourth-order valence-electron chi connectivity index (χ4n) is 2.05. The number of carbonyl (C=O) groups is 1. The Hall–Kier alpha value is -2.83. The number of carbonyl (C=O) groups excluding carboxylic acids is 1. The predicted octanol–water partition coefficient (Wildman–Crippen LogP) is 4.75. The first kappa shape index (κ1) is 19.5. The zero-order chi connectivity index (χ0) is 19.3. The van der Waals surface area contributed by atoms with Crippen molar-refractivity contribution in [1.82, 2.24) is 4.98 Å². The average molecular weight is 390 g/mol. The molecule has 0 fully saturated rings. The van der Waals surface area contributed by atoms with E-state index in [9.17, 15) is 20.2 Å². The molecule has 0 aliphatic rings. The Morgan fingerprint density at radius 3 is 2.54 bits per heavy atom. The van der Waals surface area contributed by atoms with Crippen molar-refractivity contribution in [1.29, 1.82) is 5.26 Å². The second kappa shape index (κ2) is 8.51. The number of nitriles is 1. The van der Waals surface area contributed by atoms with Crippen LogP contribution in [0.3, 0.4) is 0 Å². The molecule has 8 nitrogen and oxygen atoms in total. The lowest BCUT2D eigenvalue weighted by Gasteiger charge is -2.09. The maximum absolute atomic E-state index is 11.5. The summed E-state index contributed by atoms with van der Waals surface area (Å²) < 4.78 is 0. The summed E-state index contributed by atoms with van der Waals surface area (Å²) in [5.74, 6) is -0.184. The van der Waals surface area contributed by atoms with Crippen LogP contribution in [0.15, 0.2) is 39.5 Å². The number of benzene rings is 1. The number of thioether (sulfide) groups is 1. The minimum absolute atomic E-state index is 0.0462. The molecule has 0 amide bonds. The molecule has 0 unspecified atom stereocenters. The highest BCUT2D eigenvalue weighted by Gasteiger charge is 2.17. The number of azo groups is 1. The lowest BCUT2D eigenvalue weighted by Crippen LogP contribution is -2.00. The van der Waals surface area contributed by atoms with E-state index in [0.29, 0.717) is 22.6 Å². The van der Waals surface area contributed by atoms with Crippen LogP contribution < -0.4 is 0 Å². The third-order valence-electron chi connectivity index (χ3n) is 3.31. The second-order valence-electron chi connectivity index (χ2n) is 5.04. The van der Waals surface area contributed by atoms with Crippen LogP contribution in [0.1, 0.15) is 16.8 Å². The SMILES string of the molecule is Cc1nc(SC(=O)CCl)c(C#N)c(C)c1N=Nc1ccc([N+](=O)[O-])cc1. The van der Waals surface area contributed by atoms with Crippen molar-refractivity contribution in [3.05, 3.63) is 51.2 Å². The molecule has 0 N–H and O–H groups in total. The van der Waals surface area contributed by atoms with Crippen LogP contribution in [-0.2, 0) is 4.79 Å². The van der Waals surface area contributed by atoms with E-state index in [1.807, 2.05) is 6.07 Å². The number of alkyl halides is 1. The third-order valence-corrected chi connectivity index (χ3v) is 4.58. The first-order chi connectivity index (χ1) is 12.4.